The van der Waals surface area contributed by atoms with Crippen molar-refractivity contribution in [1.82, 2.24) is 5.43 Å². The third-order valence-corrected chi connectivity index (χ3v) is 3.01. The molecule has 2 aromatic carbocycles. The van der Waals surface area contributed by atoms with Gasteiger partial charge in [0.25, 0.3) is 5.91 Å². The van der Waals surface area contributed by atoms with Crippen LogP contribution in [-0.4, -0.2) is 26.3 Å². The summed E-state index contributed by atoms with van der Waals surface area (Å²) in [7, 11) is 2.92. The van der Waals surface area contributed by atoms with E-state index in [1.165, 1.54) is 32.4 Å². The van der Waals surface area contributed by atoms with Crippen LogP contribution < -0.4 is 14.9 Å². The van der Waals surface area contributed by atoms with Crippen molar-refractivity contribution in [2.75, 3.05) is 14.2 Å². The van der Waals surface area contributed by atoms with Gasteiger partial charge in [-0.15, -0.1) is 0 Å². The highest BCUT2D eigenvalue weighted by atomic mass is 19.1. The van der Waals surface area contributed by atoms with Gasteiger partial charge in [-0.05, 0) is 30.3 Å². The second kappa shape index (κ2) is 7.35. The normalized spacial score (nSPS) is 10.6. The monoisotopic (exact) mass is 320 g/mol. The van der Waals surface area contributed by atoms with Gasteiger partial charge in [0, 0.05) is 5.56 Å². The van der Waals surface area contributed by atoms with Crippen LogP contribution in [0, 0.1) is 11.6 Å². The molecule has 23 heavy (non-hydrogen) atoms. The smallest absolute Gasteiger partial charge is 0.271 e. The van der Waals surface area contributed by atoms with Crippen LogP contribution in [0.15, 0.2) is 41.5 Å². The maximum absolute atomic E-state index is 13.4. The molecule has 0 atom stereocenters. The first kappa shape index (κ1) is 16.4. The highest BCUT2D eigenvalue weighted by Gasteiger charge is 2.10. The Morgan fingerprint density at radius 2 is 1.74 bits per heavy atom. The number of methoxy groups -OCH3 is 2. The molecule has 0 aliphatic rings. The molecule has 0 saturated heterocycles. The molecule has 2 aromatic rings. The fraction of sp³-hybridized carbons (Fsp3) is 0.125. The van der Waals surface area contributed by atoms with E-state index in [1.54, 1.807) is 6.07 Å². The summed E-state index contributed by atoms with van der Waals surface area (Å²) in [6.45, 7) is 0. The third kappa shape index (κ3) is 3.82. The Bertz CT molecular complexity index is 728. The van der Waals surface area contributed by atoms with Crippen molar-refractivity contribution in [2.45, 2.75) is 0 Å². The van der Waals surface area contributed by atoms with Gasteiger partial charge >= 0.3 is 0 Å². The van der Waals surface area contributed by atoms with Crippen molar-refractivity contribution < 1.29 is 23.0 Å². The highest BCUT2D eigenvalue weighted by Crippen LogP contribution is 2.27. The largest absolute Gasteiger partial charge is 0.493 e. The average molecular weight is 320 g/mol. The fourth-order valence-electron chi connectivity index (χ4n) is 1.83. The molecule has 0 bridgehead atoms. The highest BCUT2D eigenvalue weighted by molar-refractivity contribution is 5.95. The van der Waals surface area contributed by atoms with Gasteiger partial charge in [0.05, 0.1) is 26.0 Å². The summed E-state index contributed by atoms with van der Waals surface area (Å²) in [6, 6.07) is 7.97. The molecule has 1 amide bonds. The number of hydrogen-bond acceptors (Lipinski definition) is 4. The zero-order valence-corrected chi connectivity index (χ0v) is 12.5. The molecule has 120 valence electrons. The van der Waals surface area contributed by atoms with Gasteiger partial charge in [-0.1, -0.05) is 6.07 Å². The summed E-state index contributed by atoms with van der Waals surface area (Å²) in [4.78, 5) is 12.0. The van der Waals surface area contributed by atoms with Crippen LogP contribution in [0.4, 0.5) is 8.78 Å². The van der Waals surface area contributed by atoms with Crippen molar-refractivity contribution in [2.24, 2.45) is 5.10 Å². The van der Waals surface area contributed by atoms with E-state index in [9.17, 15) is 13.6 Å². The van der Waals surface area contributed by atoms with Crippen LogP contribution in [0.25, 0.3) is 0 Å². The van der Waals surface area contributed by atoms with Crippen molar-refractivity contribution in [3.05, 3.63) is 59.2 Å². The number of hydrazone groups is 1. The lowest BCUT2D eigenvalue weighted by atomic mass is 10.2. The number of amides is 1. The first-order valence-electron chi connectivity index (χ1n) is 6.56. The van der Waals surface area contributed by atoms with Crippen LogP contribution in [0.5, 0.6) is 11.5 Å². The number of halogens is 2. The van der Waals surface area contributed by atoms with Crippen LogP contribution >= 0.6 is 0 Å². The molecule has 1 N–H and O–H groups in total. The van der Waals surface area contributed by atoms with Crippen LogP contribution in [-0.2, 0) is 0 Å². The summed E-state index contributed by atoms with van der Waals surface area (Å²) >= 11 is 0. The minimum absolute atomic E-state index is 0.258. The number of carbonyl (C=O) groups is 1. The lowest BCUT2D eigenvalue weighted by Gasteiger charge is -2.08. The van der Waals surface area contributed by atoms with Crippen molar-refractivity contribution in [1.29, 1.82) is 0 Å². The fourth-order valence-corrected chi connectivity index (χ4v) is 1.83. The first-order valence-corrected chi connectivity index (χ1v) is 6.56. The molecule has 0 aliphatic carbocycles. The van der Waals surface area contributed by atoms with E-state index < -0.39 is 17.5 Å². The molecule has 0 fully saturated rings. The number of benzene rings is 2. The number of nitrogens with one attached hydrogen (secondary N) is 1. The van der Waals surface area contributed by atoms with Crippen molar-refractivity contribution in [3.63, 3.8) is 0 Å². The zero-order chi connectivity index (χ0) is 16.8. The summed E-state index contributed by atoms with van der Waals surface area (Å²) in [5.41, 5.74) is 2.12. The van der Waals surface area contributed by atoms with E-state index in [0.717, 1.165) is 18.3 Å². The molecule has 0 heterocycles. The number of hydrogen-bond donors (Lipinski definition) is 1. The molecule has 2 rings (SSSR count). The summed E-state index contributed by atoms with van der Waals surface area (Å²) in [5, 5.41) is 3.56. The standard InChI is InChI=1S/C16H14F2N2O3/c1-22-14-7-6-10(8-15(14)23-2)16(21)20-19-9-11-12(17)4-3-5-13(11)18/h3-9H,1-2H3,(H,20,21)/b19-9+. The van der Waals surface area contributed by atoms with Crippen LogP contribution in [0.3, 0.4) is 0 Å². The molecule has 0 aliphatic heterocycles. The van der Waals surface area contributed by atoms with E-state index in [2.05, 4.69) is 10.5 Å². The maximum atomic E-state index is 13.4. The molecule has 0 aromatic heterocycles. The van der Waals surface area contributed by atoms with E-state index in [0.29, 0.717) is 11.5 Å². The summed E-state index contributed by atoms with van der Waals surface area (Å²) in [5.74, 6) is -1.24. The van der Waals surface area contributed by atoms with Gasteiger partial charge in [0.15, 0.2) is 11.5 Å². The van der Waals surface area contributed by atoms with E-state index in [-0.39, 0.29) is 11.1 Å². The number of ether oxygens (including phenoxy) is 2. The van der Waals surface area contributed by atoms with Gasteiger partial charge < -0.3 is 9.47 Å². The summed E-state index contributed by atoms with van der Waals surface area (Å²) < 4.78 is 37.0. The number of rotatable bonds is 5. The van der Waals surface area contributed by atoms with Crippen LogP contribution in [0.2, 0.25) is 0 Å². The predicted octanol–water partition coefficient (Wildman–Crippen LogP) is 2.75. The Morgan fingerprint density at radius 1 is 1.09 bits per heavy atom. The molecule has 5 nitrogen and oxygen atoms in total. The molecule has 0 saturated carbocycles. The van der Waals surface area contributed by atoms with Crippen molar-refractivity contribution >= 4 is 12.1 Å². The van der Waals surface area contributed by atoms with Gasteiger partial charge in [0.1, 0.15) is 11.6 Å². The third-order valence-electron chi connectivity index (χ3n) is 3.01. The lowest BCUT2D eigenvalue weighted by Crippen LogP contribution is -2.18. The van der Waals surface area contributed by atoms with Crippen LogP contribution in [0.1, 0.15) is 15.9 Å². The Labute approximate surface area is 131 Å². The second-order valence-electron chi connectivity index (χ2n) is 4.40. The maximum Gasteiger partial charge on any atom is 0.271 e. The predicted molar refractivity (Wildman–Crippen MR) is 81.0 cm³/mol. The second-order valence-corrected chi connectivity index (χ2v) is 4.40. The molecular weight excluding hydrogens is 306 g/mol. The minimum Gasteiger partial charge on any atom is -0.493 e. The van der Waals surface area contributed by atoms with Gasteiger partial charge in [0.2, 0.25) is 0 Å². The zero-order valence-electron chi connectivity index (χ0n) is 12.5. The Hall–Kier alpha value is -2.96. The molecule has 7 heteroatoms. The molecule has 0 radical (unpaired) electrons. The van der Waals surface area contributed by atoms with Gasteiger partial charge in [-0.25, -0.2) is 14.2 Å². The Balaban J connectivity index is 2.12. The molecule has 0 spiro atoms. The van der Waals surface area contributed by atoms with Gasteiger partial charge in [-0.2, -0.15) is 5.10 Å². The van der Waals surface area contributed by atoms with E-state index in [1.807, 2.05) is 0 Å². The Kier molecular flexibility index (Phi) is 5.24. The Morgan fingerprint density at radius 3 is 2.35 bits per heavy atom. The topological polar surface area (TPSA) is 59.9 Å². The summed E-state index contributed by atoms with van der Waals surface area (Å²) in [6.07, 6.45) is 0.906. The molecular formula is C16H14F2N2O3. The minimum atomic E-state index is -0.769. The first-order chi connectivity index (χ1) is 11.1. The number of carbonyl (C=O) groups excluding carboxylic acids is 1. The lowest BCUT2D eigenvalue weighted by molar-refractivity contribution is 0.0954. The average Bonchev–Trinajstić information content (AvgIpc) is 2.56. The number of nitrogens with zero attached hydrogens (tertiary/aromatic N) is 1. The van der Waals surface area contributed by atoms with Gasteiger partial charge in [-0.3, -0.25) is 4.79 Å². The van der Waals surface area contributed by atoms with Crippen molar-refractivity contribution in [3.8, 4) is 11.5 Å². The van der Waals surface area contributed by atoms with E-state index in [4.69, 9.17) is 9.47 Å². The van der Waals surface area contributed by atoms with E-state index >= 15 is 0 Å². The SMILES string of the molecule is COc1ccc(C(=O)N/N=C/c2c(F)cccc2F)cc1OC. The quantitative estimate of drug-likeness (QED) is 0.681. The molecule has 0 unspecified atom stereocenters.